The lowest BCUT2D eigenvalue weighted by atomic mass is 10.1. The molecule has 110 valence electrons. The number of nitrogens with one attached hydrogen (secondary N) is 1. The number of aryl methyl sites for hydroxylation is 1. The highest BCUT2D eigenvalue weighted by Crippen LogP contribution is 2.28. The smallest absolute Gasteiger partial charge is 0.292 e. The van der Waals surface area contributed by atoms with Crippen LogP contribution in [0, 0.1) is 17.0 Å². The Hall–Kier alpha value is -2.63. The maximum absolute atomic E-state index is 11.9. The lowest BCUT2D eigenvalue weighted by Gasteiger charge is -2.14. The van der Waals surface area contributed by atoms with Crippen LogP contribution in [0.3, 0.4) is 0 Å². The van der Waals surface area contributed by atoms with Crippen molar-refractivity contribution in [1.29, 1.82) is 0 Å². The fraction of sp³-hybridized carbons (Fsp3) is 0.267. The summed E-state index contributed by atoms with van der Waals surface area (Å²) in [6.45, 7) is 4.59. The summed E-state index contributed by atoms with van der Waals surface area (Å²) >= 11 is 0. The molecule has 21 heavy (non-hydrogen) atoms. The maximum atomic E-state index is 11.9. The highest BCUT2D eigenvalue weighted by Gasteiger charge is 2.17. The third-order valence-corrected chi connectivity index (χ3v) is 3.28. The zero-order valence-corrected chi connectivity index (χ0v) is 12.0. The fourth-order valence-electron chi connectivity index (χ4n) is 2.25. The molecule has 2 aromatic rings. The van der Waals surface area contributed by atoms with Crippen LogP contribution in [0.4, 0.5) is 11.4 Å². The van der Waals surface area contributed by atoms with Crippen molar-refractivity contribution in [3.8, 4) is 0 Å². The summed E-state index contributed by atoms with van der Waals surface area (Å²) in [5, 5.41) is 14.2. The van der Waals surface area contributed by atoms with Crippen molar-refractivity contribution in [2.45, 2.75) is 20.4 Å². The first-order chi connectivity index (χ1) is 10.0. The van der Waals surface area contributed by atoms with Gasteiger partial charge in [-0.2, -0.15) is 0 Å². The number of nitrogens with zero attached hydrogens (tertiary/aromatic N) is 2. The maximum Gasteiger partial charge on any atom is 0.292 e. The summed E-state index contributed by atoms with van der Waals surface area (Å²) in [4.78, 5) is 22.7. The minimum Gasteiger partial charge on any atom is -0.379 e. The van der Waals surface area contributed by atoms with Crippen molar-refractivity contribution in [2.75, 3.05) is 11.9 Å². The first kappa shape index (κ1) is 14.8. The van der Waals surface area contributed by atoms with E-state index in [1.165, 1.54) is 12.1 Å². The Morgan fingerprint density at radius 1 is 1.24 bits per heavy atom. The third kappa shape index (κ3) is 3.10. The first-order valence-electron chi connectivity index (χ1n) is 6.71. The number of benzene rings is 1. The molecular formula is C15H17N3O3. The Morgan fingerprint density at radius 2 is 1.95 bits per heavy atom. The Labute approximate surface area is 122 Å². The normalized spacial score (nSPS) is 10.4. The molecule has 0 aliphatic carbocycles. The van der Waals surface area contributed by atoms with E-state index in [1.807, 2.05) is 19.9 Å². The molecule has 0 aliphatic heterocycles. The van der Waals surface area contributed by atoms with Gasteiger partial charge in [0, 0.05) is 29.9 Å². The quantitative estimate of drug-likeness (QED) is 0.677. The molecule has 1 aromatic carbocycles. The summed E-state index contributed by atoms with van der Waals surface area (Å²) in [6.07, 6.45) is 0. The van der Waals surface area contributed by atoms with Gasteiger partial charge in [-0.1, -0.05) is 18.2 Å². The minimum absolute atomic E-state index is 0.0241. The van der Waals surface area contributed by atoms with Gasteiger partial charge in [-0.25, -0.2) is 0 Å². The van der Waals surface area contributed by atoms with Crippen molar-refractivity contribution < 1.29 is 4.92 Å². The number of pyridine rings is 1. The van der Waals surface area contributed by atoms with Crippen LogP contribution in [0.15, 0.2) is 41.2 Å². The van der Waals surface area contributed by atoms with Gasteiger partial charge in [0.2, 0.25) is 0 Å². The van der Waals surface area contributed by atoms with Crippen LogP contribution < -0.4 is 10.9 Å². The van der Waals surface area contributed by atoms with Crippen LogP contribution >= 0.6 is 0 Å². The van der Waals surface area contributed by atoms with E-state index in [-0.39, 0.29) is 11.2 Å². The standard InChI is InChI=1S/C15H17N3O3/c1-3-16-15-12(7-5-8-13(15)18(20)21)10-17-11(2)6-4-9-14(17)19/h4-9,16H,3,10H2,1-2H3. The van der Waals surface area contributed by atoms with E-state index in [1.54, 1.807) is 22.8 Å². The third-order valence-electron chi connectivity index (χ3n) is 3.28. The van der Waals surface area contributed by atoms with Crippen molar-refractivity contribution in [3.05, 3.63) is 68.1 Å². The van der Waals surface area contributed by atoms with E-state index in [4.69, 9.17) is 0 Å². The molecule has 0 fully saturated rings. The molecule has 0 radical (unpaired) electrons. The number of anilines is 1. The van der Waals surface area contributed by atoms with Crippen molar-refractivity contribution >= 4 is 11.4 Å². The number of hydrogen-bond donors (Lipinski definition) is 1. The van der Waals surface area contributed by atoms with Crippen LogP contribution in [-0.4, -0.2) is 16.0 Å². The van der Waals surface area contributed by atoms with Gasteiger partial charge in [0.05, 0.1) is 11.5 Å². The van der Waals surface area contributed by atoms with E-state index < -0.39 is 4.92 Å². The van der Waals surface area contributed by atoms with E-state index in [0.717, 1.165) is 11.3 Å². The van der Waals surface area contributed by atoms with Gasteiger partial charge in [0.15, 0.2) is 0 Å². The summed E-state index contributed by atoms with van der Waals surface area (Å²) < 4.78 is 1.60. The fourth-order valence-corrected chi connectivity index (χ4v) is 2.25. The average molecular weight is 287 g/mol. The SMILES string of the molecule is CCNc1c(Cn2c(C)cccc2=O)cccc1[N+](=O)[O-]. The minimum atomic E-state index is -0.415. The molecule has 0 amide bonds. The molecule has 6 heteroatoms. The molecule has 2 rings (SSSR count). The summed E-state index contributed by atoms with van der Waals surface area (Å²) in [5.41, 5.74) is 1.92. The molecule has 0 saturated heterocycles. The van der Waals surface area contributed by atoms with Gasteiger partial charge in [0.1, 0.15) is 5.69 Å². The van der Waals surface area contributed by atoms with Gasteiger partial charge in [-0.15, -0.1) is 0 Å². The number of hydrogen-bond acceptors (Lipinski definition) is 4. The molecule has 0 atom stereocenters. The van der Waals surface area contributed by atoms with Crippen LogP contribution in [0.2, 0.25) is 0 Å². The van der Waals surface area contributed by atoms with Crippen LogP contribution in [0.1, 0.15) is 18.2 Å². The molecule has 1 aromatic heterocycles. The first-order valence-corrected chi connectivity index (χ1v) is 6.71. The summed E-state index contributed by atoms with van der Waals surface area (Å²) in [5.74, 6) is 0. The van der Waals surface area contributed by atoms with Gasteiger partial charge in [-0.05, 0) is 19.9 Å². The highest BCUT2D eigenvalue weighted by molar-refractivity contribution is 5.66. The molecule has 0 aliphatic rings. The monoisotopic (exact) mass is 287 g/mol. The zero-order chi connectivity index (χ0) is 15.4. The van der Waals surface area contributed by atoms with Crippen LogP contribution in [0.5, 0.6) is 0 Å². The van der Waals surface area contributed by atoms with Gasteiger partial charge >= 0.3 is 0 Å². The number of rotatable bonds is 5. The van der Waals surface area contributed by atoms with Crippen molar-refractivity contribution in [3.63, 3.8) is 0 Å². The molecule has 0 bridgehead atoms. The second-order valence-corrected chi connectivity index (χ2v) is 4.69. The van der Waals surface area contributed by atoms with Crippen LogP contribution in [0.25, 0.3) is 0 Å². The van der Waals surface area contributed by atoms with E-state index in [9.17, 15) is 14.9 Å². The molecule has 0 spiro atoms. The number of nitro benzene ring substituents is 1. The Kier molecular flexibility index (Phi) is 4.37. The molecule has 0 saturated carbocycles. The Bertz CT molecular complexity index is 722. The lowest BCUT2D eigenvalue weighted by molar-refractivity contribution is -0.384. The zero-order valence-electron chi connectivity index (χ0n) is 12.0. The van der Waals surface area contributed by atoms with Crippen molar-refractivity contribution in [1.82, 2.24) is 4.57 Å². The van der Waals surface area contributed by atoms with E-state index >= 15 is 0 Å². The topological polar surface area (TPSA) is 77.2 Å². The molecular weight excluding hydrogens is 270 g/mol. The Morgan fingerprint density at radius 3 is 2.57 bits per heavy atom. The van der Waals surface area contributed by atoms with Gasteiger partial charge in [0.25, 0.3) is 11.2 Å². The predicted molar refractivity (Wildman–Crippen MR) is 81.8 cm³/mol. The van der Waals surface area contributed by atoms with E-state index in [0.29, 0.717) is 18.8 Å². The van der Waals surface area contributed by atoms with Gasteiger partial charge in [-0.3, -0.25) is 14.9 Å². The average Bonchev–Trinajstić information content (AvgIpc) is 2.44. The van der Waals surface area contributed by atoms with E-state index in [2.05, 4.69) is 5.32 Å². The highest BCUT2D eigenvalue weighted by atomic mass is 16.6. The van der Waals surface area contributed by atoms with Crippen LogP contribution in [-0.2, 0) is 6.54 Å². The molecule has 1 N–H and O–H groups in total. The number of nitro groups is 1. The molecule has 6 nitrogen and oxygen atoms in total. The Balaban J connectivity index is 2.51. The summed E-state index contributed by atoms with van der Waals surface area (Å²) in [6, 6.07) is 9.92. The number of aromatic nitrogens is 1. The van der Waals surface area contributed by atoms with Crippen molar-refractivity contribution in [2.24, 2.45) is 0 Å². The second kappa shape index (κ2) is 6.21. The molecule has 0 unspecified atom stereocenters. The lowest BCUT2D eigenvalue weighted by Crippen LogP contribution is -2.22. The predicted octanol–water partition coefficient (Wildman–Crippen LogP) is 2.55. The second-order valence-electron chi connectivity index (χ2n) is 4.69. The summed E-state index contributed by atoms with van der Waals surface area (Å²) in [7, 11) is 0. The van der Waals surface area contributed by atoms with Gasteiger partial charge < -0.3 is 9.88 Å². The number of para-hydroxylation sites is 1. The largest absolute Gasteiger partial charge is 0.379 e. The molecule has 1 heterocycles.